The Balaban J connectivity index is 1.29. The first-order valence-electron chi connectivity index (χ1n) is 8.59. The van der Waals surface area contributed by atoms with Gasteiger partial charge in [-0.05, 0) is 18.2 Å². The number of hydrogen-bond acceptors (Lipinski definition) is 7. The first kappa shape index (κ1) is 18.9. The van der Waals surface area contributed by atoms with Crippen LogP contribution < -0.4 is 5.32 Å². The molecule has 9 heteroatoms. The molecule has 0 aliphatic heterocycles. The standard InChI is InChI=1S/C20H14BrN3O5/c21-13-6-7-14-17(8-13)28-18(23-14)11-27-19(25)10-22-20(26)15-9-16(29-24-15)12-4-2-1-3-5-12/h1-9H,10-11H2,(H,22,26). The fourth-order valence-corrected chi connectivity index (χ4v) is 2.90. The number of ether oxygens (including phenoxy) is 1. The Kier molecular flexibility index (Phi) is 5.39. The Morgan fingerprint density at radius 1 is 1.10 bits per heavy atom. The maximum absolute atomic E-state index is 12.1. The summed E-state index contributed by atoms with van der Waals surface area (Å²) in [6.07, 6.45) is 0. The number of carbonyl (C=O) groups excluding carboxylic acids is 2. The van der Waals surface area contributed by atoms with Crippen LogP contribution in [0.1, 0.15) is 16.4 Å². The van der Waals surface area contributed by atoms with Gasteiger partial charge in [-0.3, -0.25) is 9.59 Å². The zero-order valence-electron chi connectivity index (χ0n) is 14.9. The van der Waals surface area contributed by atoms with Crippen LogP contribution in [0.15, 0.2) is 68.0 Å². The highest BCUT2D eigenvalue weighted by Crippen LogP contribution is 2.21. The lowest BCUT2D eigenvalue weighted by Crippen LogP contribution is -2.30. The Labute approximate surface area is 173 Å². The molecule has 0 radical (unpaired) electrons. The molecule has 0 unspecified atom stereocenters. The topological polar surface area (TPSA) is 107 Å². The quantitative estimate of drug-likeness (QED) is 0.441. The van der Waals surface area contributed by atoms with Gasteiger partial charge in [-0.15, -0.1) is 0 Å². The van der Waals surface area contributed by atoms with Crippen molar-refractivity contribution in [2.75, 3.05) is 6.54 Å². The van der Waals surface area contributed by atoms with Crippen molar-refractivity contribution in [2.24, 2.45) is 0 Å². The molecule has 0 bridgehead atoms. The van der Waals surface area contributed by atoms with Gasteiger partial charge in [0, 0.05) is 16.1 Å². The van der Waals surface area contributed by atoms with Crippen molar-refractivity contribution in [3.63, 3.8) is 0 Å². The first-order chi connectivity index (χ1) is 14.1. The molecule has 0 saturated heterocycles. The molecule has 0 atom stereocenters. The van der Waals surface area contributed by atoms with Crippen LogP contribution in [0.2, 0.25) is 0 Å². The van der Waals surface area contributed by atoms with Crippen LogP contribution in [0.4, 0.5) is 0 Å². The zero-order valence-corrected chi connectivity index (χ0v) is 16.5. The van der Waals surface area contributed by atoms with Crippen LogP contribution in [0, 0.1) is 0 Å². The van der Waals surface area contributed by atoms with Crippen molar-refractivity contribution in [1.82, 2.24) is 15.5 Å². The molecule has 146 valence electrons. The number of halogens is 1. The van der Waals surface area contributed by atoms with Crippen molar-refractivity contribution in [1.29, 1.82) is 0 Å². The molecule has 2 heterocycles. The number of amides is 1. The Bertz CT molecular complexity index is 1170. The van der Waals surface area contributed by atoms with Crippen LogP contribution in [0.3, 0.4) is 0 Å². The number of hydrogen-bond donors (Lipinski definition) is 1. The third kappa shape index (κ3) is 4.52. The lowest BCUT2D eigenvalue weighted by atomic mass is 10.1. The summed E-state index contributed by atoms with van der Waals surface area (Å²) in [5, 5.41) is 6.17. The van der Waals surface area contributed by atoms with Crippen molar-refractivity contribution < 1.29 is 23.3 Å². The summed E-state index contributed by atoms with van der Waals surface area (Å²) in [6.45, 7) is -0.457. The van der Waals surface area contributed by atoms with Gasteiger partial charge >= 0.3 is 5.97 Å². The van der Waals surface area contributed by atoms with Crippen LogP contribution in [-0.2, 0) is 16.1 Å². The first-order valence-corrected chi connectivity index (χ1v) is 9.39. The lowest BCUT2D eigenvalue weighted by Gasteiger charge is -2.03. The number of nitrogens with zero attached hydrogens (tertiary/aromatic N) is 2. The van der Waals surface area contributed by atoms with Crippen molar-refractivity contribution in [3.05, 3.63) is 70.7 Å². The number of oxazole rings is 1. The maximum Gasteiger partial charge on any atom is 0.325 e. The molecule has 0 fully saturated rings. The molecule has 4 rings (SSSR count). The van der Waals surface area contributed by atoms with Gasteiger partial charge in [0.1, 0.15) is 12.1 Å². The lowest BCUT2D eigenvalue weighted by molar-refractivity contribution is -0.144. The van der Waals surface area contributed by atoms with Crippen LogP contribution in [-0.4, -0.2) is 28.6 Å². The third-order valence-corrected chi connectivity index (χ3v) is 4.44. The summed E-state index contributed by atoms with van der Waals surface area (Å²) in [6, 6.07) is 16.2. The largest absolute Gasteiger partial charge is 0.454 e. The third-order valence-electron chi connectivity index (χ3n) is 3.95. The molecular formula is C20H14BrN3O5. The van der Waals surface area contributed by atoms with Crippen molar-refractivity contribution in [2.45, 2.75) is 6.61 Å². The molecule has 2 aromatic heterocycles. The molecule has 1 amide bonds. The fourth-order valence-electron chi connectivity index (χ4n) is 2.56. The smallest absolute Gasteiger partial charge is 0.325 e. The highest BCUT2D eigenvalue weighted by molar-refractivity contribution is 9.10. The van der Waals surface area contributed by atoms with E-state index in [1.807, 2.05) is 36.4 Å². The highest BCUT2D eigenvalue weighted by Gasteiger charge is 2.15. The van der Waals surface area contributed by atoms with Gasteiger partial charge in [0.05, 0.1) is 0 Å². The number of fused-ring (bicyclic) bond motifs is 1. The summed E-state index contributed by atoms with van der Waals surface area (Å²) in [7, 11) is 0. The molecule has 8 nitrogen and oxygen atoms in total. The summed E-state index contributed by atoms with van der Waals surface area (Å²) >= 11 is 3.35. The van der Waals surface area contributed by atoms with Gasteiger partial charge in [-0.1, -0.05) is 51.4 Å². The van der Waals surface area contributed by atoms with E-state index in [1.54, 1.807) is 12.1 Å². The molecule has 0 aliphatic rings. The molecule has 0 aliphatic carbocycles. The van der Waals surface area contributed by atoms with E-state index in [0.717, 1.165) is 10.0 Å². The second-order valence-corrected chi connectivity index (χ2v) is 6.92. The van der Waals surface area contributed by atoms with Gasteiger partial charge in [0.2, 0.25) is 5.89 Å². The number of carbonyl (C=O) groups is 2. The Hall–Kier alpha value is -3.46. The summed E-state index contributed by atoms with van der Waals surface area (Å²) < 4.78 is 16.6. The Morgan fingerprint density at radius 2 is 1.93 bits per heavy atom. The summed E-state index contributed by atoms with van der Waals surface area (Å²) in [5.41, 5.74) is 2.11. The number of benzene rings is 2. The molecular weight excluding hydrogens is 442 g/mol. The van der Waals surface area contributed by atoms with Gasteiger partial charge in [-0.2, -0.15) is 0 Å². The van der Waals surface area contributed by atoms with Crippen LogP contribution in [0.5, 0.6) is 0 Å². The SMILES string of the molecule is O=C(CNC(=O)c1cc(-c2ccccc2)on1)OCc1nc2ccc(Br)cc2o1. The number of esters is 1. The monoisotopic (exact) mass is 455 g/mol. The van der Waals surface area contributed by atoms with Crippen molar-refractivity contribution >= 4 is 38.9 Å². The predicted molar refractivity (Wildman–Crippen MR) is 106 cm³/mol. The van der Waals surface area contributed by atoms with E-state index in [1.165, 1.54) is 6.07 Å². The minimum absolute atomic E-state index is 0.0705. The molecule has 0 spiro atoms. The zero-order chi connectivity index (χ0) is 20.2. The van der Waals surface area contributed by atoms with Crippen LogP contribution in [0.25, 0.3) is 22.4 Å². The van der Waals surface area contributed by atoms with E-state index >= 15 is 0 Å². The van der Waals surface area contributed by atoms with E-state index in [0.29, 0.717) is 16.9 Å². The summed E-state index contributed by atoms with van der Waals surface area (Å²) in [5.74, 6) is -0.448. The minimum Gasteiger partial charge on any atom is -0.454 e. The number of nitrogens with one attached hydrogen (secondary N) is 1. The minimum atomic E-state index is -0.631. The second kappa shape index (κ2) is 8.27. The van der Waals surface area contributed by atoms with Gasteiger partial charge in [0.25, 0.3) is 5.91 Å². The molecule has 29 heavy (non-hydrogen) atoms. The van der Waals surface area contributed by atoms with E-state index < -0.39 is 11.9 Å². The molecule has 4 aromatic rings. The number of aromatic nitrogens is 2. The van der Waals surface area contributed by atoms with Crippen molar-refractivity contribution in [3.8, 4) is 11.3 Å². The van der Waals surface area contributed by atoms with E-state index in [9.17, 15) is 9.59 Å². The number of rotatable bonds is 6. The predicted octanol–water partition coefficient (Wildman–Crippen LogP) is 3.72. The fraction of sp³-hybridized carbons (Fsp3) is 0.100. The molecule has 1 N–H and O–H groups in total. The van der Waals surface area contributed by atoms with E-state index in [4.69, 9.17) is 13.7 Å². The van der Waals surface area contributed by atoms with Crippen LogP contribution >= 0.6 is 15.9 Å². The molecule has 0 saturated carbocycles. The van der Waals surface area contributed by atoms with E-state index in [2.05, 4.69) is 31.4 Å². The second-order valence-electron chi connectivity index (χ2n) is 6.01. The normalized spacial score (nSPS) is 10.8. The maximum atomic E-state index is 12.1. The Morgan fingerprint density at radius 3 is 2.76 bits per heavy atom. The van der Waals surface area contributed by atoms with Gasteiger partial charge < -0.3 is 19.0 Å². The average Bonchev–Trinajstić information content (AvgIpc) is 3.38. The molecule has 2 aromatic carbocycles. The van der Waals surface area contributed by atoms with Gasteiger partial charge in [-0.25, -0.2) is 4.98 Å². The summed E-state index contributed by atoms with van der Waals surface area (Å²) in [4.78, 5) is 28.3. The average molecular weight is 456 g/mol. The van der Waals surface area contributed by atoms with E-state index in [-0.39, 0.29) is 24.7 Å². The highest BCUT2D eigenvalue weighted by atomic mass is 79.9. The van der Waals surface area contributed by atoms with Gasteiger partial charge in [0.15, 0.2) is 23.6 Å².